The summed E-state index contributed by atoms with van der Waals surface area (Å²) in [5.74, 6) is 0.686. The summed E-state index contributed by atoms with van der Waals surface area (Å²) in [5, 5.41) is 2.97. The van der Waals surface area contributed by atoms with E-state index in [2.05, 4.69) is 26.2 Å². The van der Waals surface area contributed by atoms with Gasteiger partial charge in [0.2, 0.25) is 5.91 Å². The third-order valence-corrected chi connectivity index (χ3v) is 4.28. The zero-order valence-electron chi connectivity index (χ0n) is 10.6. The highest BCUT2D eigenvalue weighted by Crippen LogP contribution is 2.27. The minimum absolute atomic E-state index is 0.113. The molecule has 4 nitrogen and oxygen atoms in total. The molecule has 2 aromatic rings. The summed E-state index contributed by atoms with van der Waals surface area (Å²) in [6.45, 7) is 0. The minimum atomic E-state index is 0.113. The van der Waals surface area contributed by atoms with Crippen molar-refractivity contribution in [1.82, 2.24) is 9.38 Å². The number of rotatable bonds is 3. The Balaban J connectivity index is 1.69. The van der Waals surface area contributed by atoms with Crippen LogP contribution in [0.4, 0.5) is 5.69 Å². The maximum atomic E-state index is 12.0. The smallest absolute Gasteiger partial charge is 0.224 e. The van der Waals surface area contributed by atoms with Crippen LogP contribution in [0.5, 0.6) is 0 Å². The number of pyridine rings is 1. The highest BCUT2D eigenvalue weighted by molar-refractivity contribution is 9.10. The number of fused-ring (bicyclic) bond motifs is 1. The SMILES string of the molecule is O=C(CC1CCCC1)Nc1ccc2ncc(Br)n2c1. The maximum absolute atomic E-state index is 12.0. The highest BCUT2D eigenvalue weighted by Gasteiger charge is 2.18. The molecule has 100 valence electrons. The van der Waals surface area contributed by atoms with Gasteiger partial charge in [0.15, 0.2) is 0 Å². The summed E-state index contributed by atoms with van der Waals surface area (Å²) in [4.78, 5) is 16.2. The van der Waals surface area contributed by atoms with Crippen molar-refractivity contribution in [3.63, 3.8) is 0 Å². The first-order valence-corrected chi connectivity index (χ1v) is 7.44. The molecule has 1 amide bonds. The number of carbonyl (C=O) groups is 1. The summed E-state index contributed by atoms with van der Waals surface area (Å²) in [5.41, 5.74) is 1.68. The molecule has 0 spiro atoms. The average molecular weight is 322 g/mol. The Bertz CT molecular complexity index is 602. The van der Waals surface area contributed by atoms with Gasteiger partial charge in [-0.05, 0) is 46.8 Å². The topological polar surface area (TPSA) is 46.4 Å². The van der Waals surface area contributed by atoms with Gasteiger partial charge in [0.05, 0.1) is 11.9 Å². The van der Waals surface area contributed by atoms with Crippen molar-refractivity contribution in [2.75, 3.05) is 5.32 Å². The summed E-state index contributed by atoms with van der Waals surface area (Å²) in [7, 11) is 0. The van der Waals surface area contributed by atoms with Crippen molar-refractivity contribution in [3.8, 4) is 0 Å². The molecular formula is C14H16BrN3O. The number of aromatic nitrogens is 2. The zero-order valence-corrected chi connectivity index (χ0v) is 12.2. The number of halogens is 1. The number of nitrogens with zero attached hydrogens (tertiary/aromatic N) is 2. The van der Waals surface area contributed by atoms with Crippen molar-refractivity contribution in [1.29, 1.82) is 0 Å². The van der Waals surface area contributed by atoms with Gasteiger partial charge < -0.3 is 5.32 Å². The van der Waals surface area contributed by atoms with Crippen molar-refractivity contribution in [3.05, 3.63) is 29.1 Å². The van der Waals surface area contributed by atoms with Crippen molar-refractivity contribution in [2.45, 2.75) is 32.1 Å². The monoisotopic (exact) mass is 321 g/mol. The van der Waals surface area contributed by atoms with E-state index < -0.39 is 0 Å². The van der Waals surface area contributed by atoms with Crippen LogP contribution in [0.25, 0.3) is 5.65 Å². The minimum Gasteiger partial charge on any atom is -0.325 e. The number of imidazole rings is 1. The largest absolute Gasteiger partial charge is 0.325 e. The second-order valence-electron chi connectivity index (χ2n) is 5.13. The quantitative estimate of drug-likeness (QED) is 0.938. The summed E-state index contributed by atoms with van der Waals surface area (Å²) in [6.07, 6.45) is 9.21. The van der Waals surface area contributed by atoms with Gasteiger partial charge >= 0.3 is 0 Å². The van der Waals surface area contributed by atoms with E-state index in [4.69, 9.17) is 0 Å². The predicted molar refractivity (Wildman–Crippen MR) is 78.1 cm³/mol. The average Bonchev–Trinajstić information content (AvgIpc) is 3.00. The molecule has 5 heteroatoms. The predicted octanol–water partition coefficient (Wildman–Crippen LogP) is 3.62. The summed E-state index contributed by atoms with van der Waals surface area (Å²) >= 11 is 3.43. The van der Waals surface area contributed by atoms with E-state index in [0.717, 1.165) is 15.9 Å². The van der Waals surface area contributed by atoms with Crippen LogP contribution in [-0.4, -0.2) is 15.3 Å². The number of hydrogen-bond acceptors (Lipinski definition) is 2. The first kappa shape index (κ1) is 12.7. The van der Waals surface area contributed by atoms with Gasteiger partial charge in [-0.25, -0.2) is 4.98 Å². The standard InChI is InChI=1S/C14H16BrN3O/c15-12-8-16-13-6-5-11(9-18(12)13)17-14(19)7-10-3-1-2-4-10/h5-6,8-10H,1-4,7H2,(H,17,19). The van der Waals surface area contributed by atoms with Crippen LogP contribution in [0.3, 0.4) is 0 Å². The molecule has 1 N–H and O–H groups in total. The highest BCUT2D eigenvalue weighted by atomic mass is 79.9. The van der Waals surface area contributed by atoms with Crippen LogP contribution in [0, 0.1) is 5.92 Å². The first-order valence-electron chi connectivity index (χ1n) is 6.65. The Labute approximate surface area is 120 Å². The van der Waals surface area contributed by atoms with E-state index in [0.29, 0.717) is 12.3 Å². The fraction of sp³-hybridized carbons (Fsp3) is 0.429. The van der Waals surface area contributed by atoms with Crippen LogP contribution in [0.15, 0.2) is 29.1 Å². The third-order valence-electron chi connectivity index (χ3n) is 3.69. The van der Waals surface area contributed by atoms with Crippen molar-refractivity contribution in [2.24, 2.45) is 5.92 Å². The molecule has 0 unspecified atom stereocenters. The van der Waals surface area contributed by atoms with E-state index >= 15 is 0 Å². The first-order chi connectivity index (χ1) is 9.22. The molecule has 1 saturated carbocycles. The lowest BCUT2D eigenvalue weighted by Gasteiger charge is -2.10. The van der Waals surface area contributed by atoms with Gasteiger partial charge in [0.1, 0.15) is 10.3 Å². The van der Waals surface area contributed by atoms with E-state index in [1.807, 2.05) is 22.7 Å². The fourth-order valence-corrected chi connectivity index (χ4v) is 3.10. The van der Waals surface area contributed by atoms with Gasteiger partial charge in [0.25, 0.3) is 0 Å². The molecule has 0 atom stereocenters. The fourth-order valence-electron chi connectivity index (χ4n) is 2.71. The van der Waals surface area contributed by atoms with Crippen LogP contribution in [-0.2, 0) is 4.79 Å². The van der Waals surface area contributed by atoms with E-state index in [1.165, 1.54) is 25.7 Å². The van der Waals surface area contributed by atoms with E-state index in [9.17, 15) is 4.79 Å². The van der Waals surface area contributed by atoms with E-state index in [-0.39, 0.29) is 5.91 Å². The Kier molecular flexibility index (Phi) is 3.55. The number of carbonyl (C=O) groups excluding carboxylic acids is 1. The molecule has 19 heavy (non-hydrogen) atoms. The lowest BCUT2D eigenvalue weighted by atomic mass is 10.0. The lowest BCUT2D eigenvalue weighted by molar-refractivity contribution is -0.117. The van der Waals surface area contributed by atoms with Gasteiger partial charge in [-0.3, -0.25) is 9.20 Å². The maximum Gasteiger partial charge on any atom is 0.224 e. The molecule has 3 rings (SSSR count). The second-order valence-corrected chi connectivity index (χ2v) is 5.94. The van der Waals surface area contributed by atoms with Crippen LogP contribution in [0.1, 0.15) is 32.1 Å². The number of hydrogen-bond donors (Lipinski definition) is 1. The molecule has 0 bridgehead atoms. The normalized spacial score (nSPS) is 16.1. The molecule has 2 aromatic heterocycles. The van der Waals surface area contributed by atoms with Gasteiger partial charge in [-0.15, -0.1) is 0 Å². The van der Waals surface area contributed by atoms with Crippen LogP contribution >= 0.6 is 15.9 Å². The molecule has 0 aromatic carbocycles. The number of amides is 1. The third kappa shape index (κ3) is 2.81. The molecule has 1 aliphatic carbocycles. The molecule has 1 fully saturated rings. The van der Waals surface area contributed by atoms with Crippen LogP contribution < -0.4 is 5.32 Å². The Hall–Kier alpha value is -1.36. The lowest BCUT2D eigenvalue weighted by Crippen LogP contribution is -2.15. The van der Waals surface area contributed by atoms with Gasteiger partial charge in [-0.1, -0.05) is 12.8 Å². The number of nitrogens with one attached hydrogen (secondary N) is 1. The van der Waals surface area contributed by atoms with Crippen molar-refractivity contribution < 1.29 is 4.79 Å². The second kappa shape index (κ2) is 5.33. The summed E-state index contributed by atoms with van der Waals surface area (Å²) in [6, 6.07) is 3.79. The Morgan fingerprint density at radius 2 is 2.21 bits per heavy atom. The Morgan fingerprint density at radius 3 is 3.00 bits per heavy atom. The molecule has 0 radical (unpaired) electrons. The zero-order chi connectivity index (χ0) is 13.2. The molecule has 2 heterocycles. The number of anilines is 1. The van der Waals surface area contributed by atoms with Gasteiger partial charge in [0, 0.05) is 12.6 Å². The molecule has 0 saturated heterocycles. The molecule has 1 aliphatic rings. The Morgan fingerprint density at radius 1 is 1.42 bits per heavy atom. The van der Waals surface area contributed by atoms with Crippen LogP contribution in [0.2, 0.25) is 0 Å². The molecular weight excluding hydrogens is 306 g/mol. The summed E-state index contributed by atoms with van der Waals surface area (Å²) < 4.78 is 2.79. The van der Waals surface area contributed by atoms with Gasteiger partial charge in [-0.2, -0.15) is 0 Å². The van der Waals surface area contributed by atoms with Crippen molar-refractivity contribution >= 4 is 33.2 Å². The molecule has 0 aliphatic heterocycles. The van der Waals surface area contributed by atoms with E-state index in [1.54, 1.807) is 6.20 Å².